The van der Waals surface area contributed by atoms with Crippen molar-refractivity contribution >= 4 is 5.84 Å². The van der Waals surface area contributed by atoms with E-state index in [1.54, 1.807) is 0 Å². The van der Waals surface area contributed by atoms with E-state index < -0.39 is 78.5 Å². The number of fused-ring (bicyclic) bond motifs is 3. The first-order valence-corrected chi connectivity index (χ1v) is 8.82. The molecule has 13 heteroatoms. The average molecular weight is 457 g/mol. The third-order valence-electron chi connectivity index (χ3n) is 5.28. The minimum absolute atomic E-state index is 0.329. The predicted molar refractivity (Wildman–Crippen MR) is 87.5 cm³/mol. The molecule has 0 saturated carbocycles. The maximum absolute atomic E-state index is 14.6. The Morgan fingerprint density at radius 3 is 2.42 bits per heavy atom. The van der Waals surface area contributed by atoms with Crippen LogP contribution in [0.25, 0.3) is 0 Å². The first kappa shape index (κ1) is 21.5. The van der Waals surface area contributed by atoms with Crippen molar-refractivity contribution in [3.63, 3.8) is 0 Å². The molecule has 0 amide bonds. The summed E-state index contributed by atoms with van der Waals surface area (Å²) in [5.41, 5.74) is -5.52. The number of pyridine rings is 1. The number of allylic oxidation sites excluding steroid dienone is 2. The van der Waals surface area contributed by atoms with Gasteiger partial charge in [0.1, 0.15) is 11.2 Å². The Morgan fingerprint density at radius 1 is 1.10 bits per heavy atom. The molecule has 2 aliphatic heterocycles. The highest BCUT2D eigenvalue weighted by atomic mass is 19.4. The van der Waals surface area contributed by atoms with Crippen molar-refractivity contribution in [3.05, 3.63) is 52.7 Å². The number of aromatic nitrogens is 1. The van der Waals surface area contributed by atoms with Crippen LogP contribution in [0.1, 0.15) is 36.1 Å². The summed E-state index contributed by atoms with van der Waals surface area (Å²) in [7, 11) is 0. The smallest absolute Gasteiger partial charge is 0.417 e. The zero-order valence-corrected chi connectivity index (χ0v) is 15.2. The van der Waals surface area contributed by atoms with Crippen molar-refractivity contribution in [1.29, 1.82) is 0 Å². The predicted octanol–water partition coefficient (Wildman–Crippen LogP) is 5.40. The number of hydrogen-bond donors (Lipinski definition) is 0. The average Bonchev–Trinajstić information content (AvgIpc) is 3.04. The molecule has 1 aliphatic carbocycles. The first-order chi connectivity index (χ1) is 14.3. The number of alkyl halides is 9. The van der Waals surface area contributed by atoms with Crippen molar-refractivity contribution in [2.75, 3.05) is 6.54 Å². The third kappa shape index (κ3) is 3.53. The lowest BCUT2D eigenvalue weighted by Crippen LogP contribution is -2.40. The van der Waals surface area contributed by atoms with Crippen LogP contribution in [-0.2, 0) is 16.2 Å². The van der Waals surface area contributed by atoms with Crippen molar-refractivity contribution in [2.45, 2.75) is 43.5 Å². The van der Waals surface area contributed by atoms with Crippen LogP contribution < -0.4 is 0 Å². The molecule has 0 N–H and O–H groups in total. The number of aliphatic imine (C=N–C) groups is 1. The Bertz CT molecular complexity index is 999. The molecule has 0 fully saturated rings. The summed E-state index contributed by atoms with van der Waals surface area (Å²) in [6, 6.07) is 1.04. The highest BCUT2D eigenvalue weighted by Crippen LogP contribution is 2.53. The molecule has 168 valence electrons. The maximum Gasteiger partial charge on any atom is 0.417 e. The zero-order chi connectivity index (χ0) is 22.8. The third-order valence-corrected chi connectivity index (χ3v) is 5.28. The lowest BCUT2D eigenvalue weighted by atomic mass is 9.75. The number of ether oxygens (including phenoxy) is 1. The van der Waals surface area contributed by atoms with Gasteiger partial charge in [-0.15, -0.1) is 0 Å². The van der Waals surface area contributed by atoms with Gasteiger partial charge in [0, 0.05) is 18.8 Å². The Hall–Kier alpha value is -2.73. The second-order valence-corrected chi connectivity index (χ2v) is 7.19. The topological polar surface area (TPSA) is 37.7 Å². The molecule has 3 heterocycles. The second-order valence-electron chi connectivity index (χ2n) is 7.19. The molecular weight excluding hydrogens is 445 g/mol. The van der Waals surface area contributed by atoms with Crippen LogP contribution >= 0.6 is 0 Å². The van der Waals surface area contributed by atoms with E-state index in [1.807, 2.05) is 0 Å². The summed E-state index contributed by atoms with van der Waals surface area (Å²) in [6.07, 6.45) is -7.80. The lowest BCUT2D eigenvalue weighted by Gasteiger charge is -2.38. The standard InChI is InChI=1S/C18H12F9N3O/c19-13(20)12-11-9(1-4-28-12)16(2-3-17(11,23)24)7-30-6-8(18(25,26)27)5-10(14(30)29-16)31-15(21)22/h1,4-6,13,15H,2-3,7H2/t16-/m1/s1. The van der Waals surface area contributed by atoms with E-state index in [4.69, 9.17) is 0 Å². The van der Waals surface area contributed by atoms with Crippen molar-refractivity contribution in [2.24, 2.45) is 4.99 Å². The fourth-order valence-corrected chi connectivity index (χ4v) is 4.03. The largest absolute Gasteiger partial charge is 0.431 e. The number of hydrogen-bond acceptors (Lipinski definition) is 4. The minimum Gasteiger partial charge on any atom is -0.431 e. The maximum atomic E-state index is 14.6. The van der Waals surface area contributed by atoms with Gasteiger partial charge in [0.25, 0.3) is 12.3 Å². The molecular formula is C18H12F9N3O. The molecule has 4 rings (SSSR count). The van der Waals surface area contributed by atoms with Crippen molar-refractivity contribution in [3.8, 4) is 0 Å². The summed E-state index contributed by atoms with van der Waals surface area (Å²) >= 11 is 0. The van der Waals surface area contributed by atoms with Crippen LogP contribution in [0, 0.1) is 0 Å². The number of halogens is 9. The normalized spacial score (nSPS) is 24.7. The van der Waals surface area contributed by atoms with Gasteiger partial charge in [0.05, 0.1) is 17.7 Å². The zero-order valence-electron chi connectivity index (χ0n) is 15.2. The Morgan fingerprint density at radius 2 is 1.81 bits per heavy atom. The Labute approximate surface area is 168 Å². The molecule has 1 aromatic rings. The summed E-state index contributed by atoms with van der Waals surface area (Å²) in [6.45, 7) is -3.93. The van der Waals surface area contributed by atoms with Gasteiger partial charge >= 0.3 is 12.8 Å². The minimum atomic E-state index is -4.91. The number of rotatable bonds is 3. The van der Waals surface area contributed by atoms with Gasteiger partial charge in [-0.1, -0.05) is 0 Å². The molecule has 1 atom stereocenters. The van der Waals surface area contributed by atoms with Gasteiger partial charge in [-0.05, 0) is 24.1 Å². The summed E-state index contributed by atoms with van der Waals surface area (Å²) in [5, 5.41) is 0. The van der Waals surface area contributed by atoms with Crippen LogP contribution in [-0.4, -0.2) is 35.1 Å². The molecule has 31 heavy (non-hydrogen) atoms. The fourth-order valence-electron chi connectivity index (χ4n) is 4.03. The molecule has 0 saturated heterocycles. The van der Waals surface area contributed by atoms with E-state index in [-0.39, 0.29) is 5.56 Å². The monoisotopic (exact) mass is 457 g/mol. The highest BCUT2D eigenvalue weighted by molar-refractivity contribution is 6.00. The quantitative estimate of drug-likeness (QED) is 0.571. The van der Waals surface area contributed by atoms with Crippen molar-refractivity contribution in [1.82, 2.24) is 9.88 Å². The summed E-state index contributed by atoms with van der Waals surface area (Å²) in [4.78, 5) is 8.36. The summed E-state index contributed by atoms with van der Waals surface area (Å²) < 4.78 is 125. The van der Waals surface area contributed by atoms with Gasteiger partial charge in [-0.2, -0.15) is 22.0 Å². The molecule has 4 nitrogen and oxygen atoms in total. The second kappa shape index (κ2) is 6.89. The molecule has 1 aromatic heterocycles. The lowest BCUT2D eigenvalue weighted by molar-refractivity contribution is -0.0981. The van der Waals surface area contributed by atoms with E-state index in [1.165, 1.54) is 0 Å². The van der Waals surface area contributed by atoms with Gasteiger partial charge in [-0.3, -0.25) is 9.98 Å². The molecule has 0 bridgehead atoms. The Balaban J connectivity index is 1.87. The van der Waals surface area contributed by atoms with Gasteiger partial charge in [0.2, 0.25) is 0 Å². The van der Waals surface area contributed by atoms with E-state index in [9.17, 15) is 39.5 Å². The van der Waals surface area contributed by atoms with Gasteiger partial charge < -0.3 is 9.64 Å². The Kier molecular flexibility index (Phi) is 4.78. The van der Waals surface area contributed by atoms with Crippen LogP contribution in [0.2, 0.25) is 0 Å². The van der Waals surface area contributed by atoms with Crippen LogP contribution in [0.4, 0.5) is 39.5 Å². The van der Waals surface area contributed by atoms with Crippen LogP contribution in [0.3, 0.4) is 0 Å². The van der Waals surface area contributed by atoms with E-state index >= 15 is 0 Å². The van der Waals surface area contributed by atoms with Crippen molar-refractivity contribution < 1.29 is 44.3 Å². The molecule has 0 aromatic carbocycles. The van der Waals surface area contributed by atoms with Gasteiger partial charge in [-0.25, -0.2) is 17.6 Å². The summed E-state index contributed by atoms with van der Waals surface area (Å²) in [5.74, 6) is -5.00. The van der Waals surface area contributed by atoms with Crippen LogP contribution in [0.5, 0.6) is 0 Å². The molecule has 3 aliphatic rings. The van der Waals surface area contributed by atoms with E-state index in [0.29, 0.717) is 12.3 Å². The SMILES string of the molecule is FC(F)OC1=CC(C(F)(F)F)=CN2C[C@@]3(CCC(F)(F)c4c3ccnc4C(F)F)N=C12. The molecule has 0 unspecified atom stereocenters. The molecule has 0 radical (unpaired) electrons. The van der Waals surface area contributed by atoms with E-state index in [2.05, 4.69) is 14.7 Å². The van der Waals surface area contributed by atoms with Gasteiger partial charge in [0.15, 0.2) is 11.6 Å². The molecule has 1 spiro atoms. The highest BCUT2D eigenvalue weighted by Gasteiger charge is 2.54. The number of amidine groups is 1. The van der Waals surface area contributed by atoms with Crippen LogP contribution in [0.15, 0.2) is 40.9 Å². The fraction of sp³-hybridized carbons (Fsp3) is 0.444. The van der Waals surface area contributed by atoms with E-state index in [0.717, 1.165) is 17.2 Å². The number of nitrogens with zero attached hydrogens (tertiary/aromatic N) is 3. The first-order valence-electron chi connectivity index (χ1n) is 8.82.